The second-order valence-electron chi connectivity index (χ2n) is 7.53. The highest BCUT2D eigenvalue weighted by Crippen LogP contribution is 2.35. The van der Waals surface area contributed by atoms with Crippen LogP contribution in [0.3, 0.4) is 0 Å². The standard InChI is InChI=1S/C25H23NO6S2/c1-15-17-7-4-5-8-18(17)31-22(15)24(28)32-19-10-9-16(13-20(19)30-3)14-21-23(27)26(25(33)34-21)11-6-12-29-2/h4-5,7-10,13-14H,6,11-12H2,1-3H3. The molecule has 1 saturated heterocycles. The fourth-order valence-corrected chi connectivity index (χ4v) is 4.89. The van der Waals surface area contributed by atoms with E-state index in [4.69, 9.17) is 30.8 Å². The molecule has 9 heteroatoms. The number of nitrogens with zero attached hydrogens (tertiary/aromatic N) is 1. The zero-order valence-corrected chi connectivity index (χ0v) is 20.6. The topological polar surface area (TPSA) is 78.2 Å². The third-order valence-corrected chi connectivity index (χ3v) is 6.70. The molecule has 34 heavy (non-hydrogen) atoms. The number of rotatable bonds is 8. The number of aryl methyl sites for hydroxylation is 1. The normalized spacial score (nSPS) is 14.9. The van der Waals surface area contributed by atoms with Crippen molar-refractivity contribution in [3.05, 3.63) is 64.3 Å². The van der Waals surface area contributed by atoms with Crippen LogP contribution in [0.5, 0.6) is 11.5 Å². The van der Waals surface area contributed by atoms with Crippen molar-refractivity contribution in [2.45, 2.75) is 13.3 Å². The summed E-state index contributed by atoms with van der Waals surface area (Å²) < 4.78 is 22.3. The molecule has 1 aliphatic rings. The number of carbonyl (C=O) groups excluding carboxylic acids is 2. The molecule has 2 heterocycles. The monoisotopic (exact) mass is 497 g/mol. The fraction of sp³-hybridized carbons (Fsp3) is 0.240. The highest BCUT2D eigenvalue weighted by Gasteiger charge is 2.31. The lowest BCUT2D eigenvalue weighted by Gasteiger charge is -2.13. The Kier molecular flexibility index (Phi) is 7.35. The molecule has 0 unspecified atom stereocenters. The Bertz CT molecular complexity index is 1300. The molecule has 7 nitrogen and oxygen atoms in total. The number of thiocarbonyl (C=S) groups is 1. The Hall–Kier alpha value is -3.14. The minimum atomic E-state index is -0.614. The maximum atomic E-state index is 12.8. The summed E-state index contributed by atoms with van der Waals surface area (Å²) in [5.41, 5.74) is 2.05. The number of hydrogen-bond donors (Lipinski definition) is 0. The van der Waals surface area contributed by atoms with Crippen LogP contribution < -0.4 is 9.47 Å². The van der Waals surface area contributed by atoms with E-state index in [1.807, 2.05) is 25.1 Å². The number of benzene rings is 2. The van der Waals surface area contributed by atoms with Crippen LogP contribution in [0, 0.1) is 6.92 Å². The van der Waals surface area contributed by atoms with E-state index >= 15 is 0 Å². The zero-order chi connectivity index (χ0) is 24.2. The Morgan fingerprint density at radius 1 is 1.18 bits per heavy atom. The molecular weight excluding hydrogens is 474 g/mol. The molecule has 1 aromatic heterocycles. The molecule has 1 fully saturated rings. The molecule has 0 N–H and O–H groups in total. The number of methoxy groups -OCH3 is 2. The molecule has 0 aliphatic carbocycles. The molecule has 176 valence electrons. The Balaban J connectivity index is 1.52. The van der Waals surface area contributed by atoms with Gasteiger partial charge in [-0.25, -0.2) is 4.79 Å². The van der Waals surface area contributed by atoms with Crippen molar-refractivity contribution < 1.29 is 28.2 Å². The van der Waals surface area contributed by atoms with Gasteiger partial charge >= 0.3 is 5.97 Å². The number of amides is 1. The molecule has 1 amide bonds. The summed E-state index contributed by atoms with van der Waals surface area (Å²) in [6.45, 7) is 2.88. The summed E-state index contributed by atoms with van der Waals surface area (Å²) in [5, 5.41) is 0.858. The summed E-state index contributed by atoms with van der Waals surface area (Å²) >= 11 is 6.61. The number of carbonyl (C=O) groups is 2. The van der Waals surface area contributed by atoms with Crippen LogP contribution >= 0.6 is 24.0 Å². The number of furan rings is 1. The van der Waals surface area contributed by atoms with E-state index in [-0.39, 0.29) is 17.4 Å². The predicted octanol–water partition coefficient (Wildman–Crippen LogP) is 5.21. The van der Waals surface area contributed by atoms with Gasteiger partial charge in [0.2, 0.25) is 5.76 Å². The quantitative estimate of drug-likeness (QED) is 0.138. The molecule has 0 atom stereocenters. The Labute approximate surface area is 206 Å². The van der Waals surface area contributed by atoms with Crippen molar-refractivity contribution in [1.29, 1.82) is 0 Å². The highest BCUT2D eigenvalue weighted by atomic mass is 32.2. The third kappa shape index (κ3) is 4.86. The van der Waals surface area contributed by atoms with Crippen molar-refractivity contribution >= 4 is 57.2 Å². The van der Waals surface area contributed by atoms with Gasteiger partial charge in [-0.2, -0.15) is 0 Å². The van der Waals surface area contributed by atoms with E-state index in [1.54, 1.807) is 42.4 Å². The molecule has 4 rings (SSSR count). The van der Waals surface area contributed by atoms with Crippen LogP contribution in [0.15, 0.2) is 51.8 Å². The first-order valence-corrected chi connectivity index (χ1v) is 11.8. The molecule has 2 aromatic carbocycles. The van der Waals surface area contributed by atoms with E-state index in [2.05, 4.69) is 0 Å². The first-order chi connectivity index (χ1) is 16.4. The van der Waals surface area contributed by atoms with Gasteiger partial charge in [-0.15, -0.1) is 0 Å². The number of esters is 1. The molecule has 3 aromatic rings. The van der Waals surface area contributed by atoms with Crippen molar-refractivity contribution in [2.75, 3.05) is 27.4 Å². The van der Waals surface area contributed by atoms with E-state index in [0.717, 1.165) is 5.39 Å². The minimum Gasteiger partial charge on any atom is -0.493 e. The Morgan fingerprint density at radius 3 is 2.71 bits per heavy atom. The van der Waals surface area contributed by atoms with Crippen molar-refractivity contribution in [1.82, 2.24) is 4.90 Å². The first-order valence-electron chi connectivity index (χ1n) is 10.6. The summed E-state index contributed by atoms with van der Waals surface area (Å²) in [5.74, 6) is -0.00912. The van der Waals surface area contributed by atoms with Gasteiger partial charge in [-0.1, -0.05) is 48.2 Å². The van der Waals surface area contributed by atoms with Gasteiger partial charge in [-0.3, -0.25) is 9.69 Å². The summed E-state index contributed by atoms with van der Waals surface area (Å²) in [6.07, 6.45) is 2.45. The van der Waals surface area contributed by atoms with Gasteiger partial charge in [0.15, 0.2) is 11.5 Å². The molecule has 0 spiro atoms. The number of hydrogen-bond acceptors (Lipinski definition) is 8. The van der Waals surface area contributed by atoms with Gasteiger partial charge in [0.05, 0.1) is 12.0 Å². The number of ether oxygens (including phenoxy) is 3. The van der Waals surface area contributed by atoms with Crippen molar-refractivity contribution in [2.24, 2.45) is 0 Å². The van der Waals surface area contributed by atoms with E-state index in [1.165, 1.54) is 18.9 Å². The van der Waals surface area contributed by atoms with Crippen molar-refractivity contribution in [3.8, 4) is 11.5 Å². The van der Waals surface area contributed by atoms with E-state index < -0.39 is 5.97 Å². The van der Waals surface area contributed by atoms with Gasteiger partial charge in [0, 0.05) is 31.2 Å². The van der Waals surface area contributed by atoms with Gasteiger partial charge in [0.1, 0.15) is 9.90 Å². The van der Waals surface area contributed by atoms with Crippen LogP contribution in [0.25, 0.3) is 17.0 Å². The number of thioether (sulfide) groups is 1. The largest absolute Gasteiger partial charge is 0.493 e. The lowest BCUT2D eigenvalue weighted by Crippen LogP contribution is -2.29. The van der Waals surface area contributed by atoms with Gasteiger partial charge in [-0.05, 0) is 43.2 Å². The first kappa shape index (κ1) is 24.0. The van der Waals surface area contributed by atoms with Crippen LogP contribution in [-0.4, -0.2) is 48.5 Å². The Morgan fingerprint density at radius 2 is 1.97 bits per heavy atom. The molecular formula is C25H23NO6S2. The number of fused-ring (bicyclic) bond motifs is 1. The molecule has 0 saturated carbocycles. The van der Waals surface area contributed by atoms with Crippen LogP contribution in [0.2, 0.25) is 0 Å². The summed E-state index contributed by atoms with van der Waals surface area (Å²) in [6, 6.07) is 12.5. The predicted molar refractivity (Wildman–Crippen MR) is 135 cm³/mol. The highest BCUT2D eigenvalue weighted by molar-refractivity contribution is 8.26. The van der Waals surface area contributed by atoms with Gasteiger partial charge in [0.25, 0.3) is 5.91 Å². The zero-order valence-electron chi connectivity index (χ0n) is 19.0. The lowest BCUT2D eigenvalue weighted by atomic mass is 10.1. The van der Waals surface area contributed by atoms with Crippen LogP contribution in [0.4, 0.5) is 0 Å². The molecule has 1 aliphatic heterocycles. The third-order valence-electron chi connectivity index (χ3n) is 5.32. The summed E-state index contributed by atoms with van der Waals surface area (Å²) in [4.78, 5) is 27.6. The average Bonchev–Trinajstić information content (AvgIpc) is 3.31. The maximum Gasteiger partial charge on any atom is 0.380 e. The minimum absolute atomic E-state index is 0.138. The van der Waals surface area contributed by atoms with E-state index in [9.17, 15) is 9.59 Å². The van der Waals surface area contributed by atoms with E-state index in [0.29, 0.717) is 51.3 Å². The smallest absolute Gasteiger partial charge is 0.380 e. The van der Waals surface area contributed by atoms with Crippen molar-refractivity contribution in [3.63, 3.8) is 0 Å². The van der Waals surface area contributed by atoms with Gasteiger partial charge < -0.3 is 18.6 Å². The van der Waals surface area contributed by atoms with Crippen LogP contribution in [0.1, 0.15) is 28.1 Å². The maximum absolute atomic E-state index is 12.8. The number of para-hydroxylation sites is 1. The second-order valence-corrected chi connectivity index (χ2v) is 9.21. The summed E-state index contributed by atoms with van der Waals surface area (Å²) in [7, 11) is 3.11. The average molecular weight is 498 g/mol. The SMILES string of the molecule is COCCCN1C(=O)C(=Cc2ccc(OC(=O)c3oc4ccccc4c3C)c(OC)c2)SC1=S. The molecule has 0 bridgehead atoms. The van der Waals surface area contributed by atoms with Crippen LogP contribution in [-0.2, 0) is 9.53 Å². The fourth-order valence-electron chi connectivity index (χ4n) is 3.58. The lowest BCUT2D eigenvalue weighted by molar-refractivity contribution is -0.122. The molecule has 0 radical (unpaired) electrons. The second kappa shape index (κ2) is 10.4.